The van der Waals surface area contributed by atoms with E-state index in [-0.39, 0.29) is 5.82 Å². The molecule has 0 aromatic heterocycles. The molecular formula is C17H25FN2. The van der Waals surface area contributed by atoms with E-state index in [0.717, 1.165) is 37.8 Å². The minimum Gasteiger partial charge on any atom is -0.367 e. The van der Waals surface area contributed by atoms with Gasteiger partial charge in [0.25, 0.3) is 0 Å². The van der Waals surface area contributed by atoms with Gasteiger partial charge in [0.15, 0.2) is 0 Å². The summed E-state index contributed by atoms with van der Waals surface area (Å²) in [5.41, 5.74) is 0.768. The first kappa shape index (κ1) is 13.9. The first-order chi connectivity index (χ1) is 9.83. The monoisotopic (exact) mass is 276 g/mol. The van der Waals surface area contributed by atoms with Crippen molar-refractivity contribution in [3.63, 3.8) is 0 Å². The van der Waals surface area contributed by atoms with Gasteiger partial charge < -0.3 is 4.90 Å². The fraction of sp³-hybridized carbons (Fsp3) is 0.647. The van der Waals surface area contributed by atoms with E-state index >= 15 is 0 Å². The van der Waals surface area contributed by atoms with Crippen molar-refractivity contribution in [2.45, 2.75) is 32.1 Å². The summed E-state index contributed by atoms with van der Waals surface area (Å²) in [5.74, 6) is 0.817. The third kappa shape index (κ3) is 3.32. The van der Waals surface area contributed by atoms with E-state index in [1.807, 2.05) is 12.1 Å². The van der Waals surface area contributed by atoms with Gasteiger partial charge in [0.2, 0.25) is 0 Å². The van der Waals surface area contributed by atoms with Gasteiger partial charge in [0.1, 0.15) is 5.82 Å². The largest absolute Gasteiger partial charge is 0.367 e. The number of piperazine rings is 1. The Kier molecular flexibility index (Phi) is 4.56. The Morgan fingerprint density at radius 2 is 1.65 bits per heavy atom. The fourth-order valence-corrected chi connectivity index (χ4v) is 3.61. The molecule has 0 radical (unpaired) electrons. The van der Waals surface area contributed by atoms with E-state index < -0.39 is 0 Å². The molecule has 2 fully saturated rings. The van der Waals surface area contributed by atoms with E-state index in [0.29, 0.717) is 0 Å². The Labute approximate surface area is 121 Å². The van der Waals surface area contributed by atoms with Gasteiger partial charge in [-0.2, -0.15) is 0 Å². The molecule has 0 N–H and O–H groups in total. The number of halogens is 1. The molecule has 1 aromatic rings. The second-order valence-corrected chi connectivity index (χ2v) is 6.24. The summed E-state index contributed by atoms with van der Waals surface area (Å²) in [4.78, 5) is 4.76. The van der Waals surface area contributed by atoms with Crippen LogP contribution in [0.5, 0.6) is 0 Å². The number of rotatable bonds is 3. The average Bonchev–Trinajstić information content (AvgIpc) is 2.50. The van der Waals surface area contributed by atoms with Crippen LogP contribution in [-0.2, 0) is 0 Å². The number of benzene rings is 1. The molecule has 1 aliphatic carbocycles. The maximum Gasteiger partial charge on any atom is 0.146 e. The van der Waals surface area contributed by atoms with Crippen molar-refractivity contribution in [3.05, 3.63) is 30.1 Å². The van der Waals surface area contributed by atoms with Gasteiger partial charge in [-0.3, -0.25) is 4.90 Å². The number of anilines is 1. The lowest BCUT2D eigenvalue weighted by atomic mass is 9.89. The Balaban J connectivity index is 1.50. The van der Waals surface area contributed by atoms with Crippen molar-refractivity contribution in [1.29, 1.82) is 0 Å². The third-order valence-corrected chi connectivity index (χ3v) is 4.81. The van der Waals surface area contributed by atoms with Crippen LogP contribution in [0, 0.1) is 11.7 Å². The second-order valence-electron chi connectivity index (χ2n) is 6.24. The van der Waals surface area contributed by atoms with Gasteiger partial charge in [-0.1, -0.05) is 31.4 Å². The number of para-hydroxylation sites is 1. The lowest BCUT2D eigenvalue weighted by Crippen LogP contribution is -2.48. The SMILES string of the molecule is Fc1ccccc1N1CCN(CC2CCCCC2)CC1. The van der Waals surface area contributed by atoms with Gasteiger partial charge in [0.05, 0.1) is 5.69 Å². The normalized spacial score (nSPS) is 22.1. The quantitative estimate of drug-likeness (QED) is 0.833. The zero-order valence-electron chi connectivity index (χ0n) is 12.2. The summed E-state index contributed by atoms with van der Waals surface area (Å²) in [6.07, 6.45) is 7.08. The first-order valence-electron chi connectivity index (χ1n) is 8.05. The van der Waals surface area contributed by atoms with Crippen LogP contribution in [0.15, 0.2) is 24.3 Å². The molecule has 1 heterocycles. The molecule has 1 saturated heterocycles. The summed E-state index contributed by atoms with van der Waals surface area (Å²) >= 11 is 0. The predicted molar refractivity (Wildman–Crippen MR) is 81.6 cm³/mol. The Bertz CT molecular complexity index is 421. The van der Waals surface area contributed by atoms with Crippen molar-refractivity contribution in [2.75, 3.05) is 37.6 Å². The van der Waals surface area contributed by atoms with E-state index in [1.54, 1.807) is 12.1 Å². The molecule has 3 rings (SSSR count). The minimum atomic E-state index is -0.0896. The van der Waals surface area contributed by atoms with Gasteiger partial charge in [-0.25, -0.2) is 4.39 Å². The van der Waals surface area contributed by atoms with Crippen molar-refractivity contribution >= 4 is 5.69 Å². The van der Waals surface area contributed by atoms with Crippen LogP contribution in [0.3, 0.4) is 0 Å². The van der Waals surface area contributed by atoms with E-state index in [4.69, 9.17) is 0 Å². The van der Waals surface area contributed by atoms with Crippen molar-refractivity contribution < 1.29 is 4.39 Å². The highest BCUT2D eigenvalue weighted by molar-refractivity contribution is 5.47. The second kappa shape index (κ2) is 6.57. The highest BCUT2D eigenvalue weighted by Crippen LogP contribution is 2.25. The van der Waals surface area contributed by atoms with Gasteiger partial charge in [0, 0.05) is 32.7 Å². The summed E-state index contributed by atoms with van der Waals surface area (Å²) in [5, 5.41) is 0. The summed E-state index contributed by atoms with van der Waals surface area (Å²) in [6.45, 7) is 5.31. The van der Waals surface area contributed by atoms with E-state index in [1.165, 1.54) is 38.6 Å². The number of nitrogens with zero attached hydrogens (tertiary/aromatic N) is 2. The van der Waals surface area contributed by atoms with Crippen LogP contribution in [0.4, 0.5) is 10.1 Å². The Morgan fingerprint density at radius 3 is 2.35 bits per heavy atom. The molecule has 3 heteroatoms. The zero-order chi connectivity index (χ0) is 13.8. The molecule has 2 nitrogen and oxygen atoms in total. The summed E-state index contributed by atoms with van der Waals surface area (Å²) in [7, 11) is 0. The Hall–Kier alpha value is -1.09. The van der Waals surface area contributed by atoms with Crippen LogP contribution >= 0.6 is 0 Å². The summed E-state index contributed by atoms with van der Waals surface area (Å²) in [6, 6.07) is 7.14. The van der Waals surface area contributed by atoms with Crippen molar-refractivity contribution in [1.82, 2.24) is 4.90 Å². The maximum absolute atomic E-state index is 13.8. The van der Waals surface area contributed by atoms with Gasteiger partial charge in [-0.15, -0.1) is 0 Å². The van der Waals surface area contributed by atoms with Crippen LogP contribution in [0.1, 0.15) is 32.1 Å². The van der Waals surface area contributed by atoms with Gasteiger partial charge in [-0.05, 0) is 30.9 Å². The van der Waals surface area contributed by atoms with Crippen molar-refractivity contribution in [2.24, 2.45) is 5.92 Å². The van der Waals surface area contributed by atoms with Crippen LogP contribution in [0.25, 0.3) is 0 Å². The smallest absolute Gasteiger partial charge is 0.146 e. The molecule has 0 atom stereocenters. The van der Waals surface area contributed by atoms with Crippen LogP contribution in [-0.4, -0.2) is 37.6 Å². The standard InChI is InChI=1S/C17H25FN2/c18-16-8-4-5-9-17(16)20-12-10-19(11-13-20)14-15-6-2-1-3-7-15/h4-5,8-9,15H,1-3,6-7,10-14H2. The minimum absolute atomic E-state index is 0.0896. The maximum atomic E-state index is 13.8. The molecule has 0 amide bonds. The van der Waals surface area contributed by atoms with Gasteiger partial charge >= 0.3 is 0 Å². The lowest BCUT2D eigenvalue weighted by molar-refractivity contribution is 0.191. The molecule has 1 aromatic carbocycles. The highest BCUT2D eigenvalue weighted by Gasteiger charge is 2.22. The third-order valence-electron chi connectivity index (χ3n) is 4.81. The highest BCUT2D eigenvalue weighted by atomic mass is 19.1. The first-order valence-corrected chi connectivity index (χ1v) is 8.05. The lowest BCUT2D eigenvalue weighted by Gasteiger charge is -2.38. The van der Waals surface area contributed by atoms with Crippen LogP contribution in [0.2, 0.25) is 0 Å². The summed E-state index contributed by atoms with van der Waals surface area (Å²) < 4.78 is 13.8. The van der Waals surface area contributed by atoms with Crippen LogP contribution < -0.4 is 4.90 Å². The Morgan fingerprint density at radius 1 is 0.950 bits per heavy atom. The molecule has 0 bridgehead atoms. The molecule has 20 heavy (non-hydrogen) atoms. The predicted octanol–water partition coefficient (Wildman–Crippen LogP) is 3.53. The van der Waals surface area contributed by atoms with E-state index in [2.05, 4.69) is 9.80 Å². The number of hydrogen-bond donors (Lipinski definition) is 0. The zero-order valence-corrected chi connectivity index (χ0v) is 12.2. The molecule has 1 aliphatic heterocycles. The topological polar surface area (TPSA) is 6.48 Å². The molecule has 1 saturated carbocycles. The fourth-order valence-electron chi connectivity index (χ4n) is 3.61. The van der Waals surface area contributed by atoms with Crippen molar-refractivity contribution in [3.8, 4) is 0 Å². The average molecular weight is 276 g/mol. The van der Waals surface area contributed by atoms with E-state index in [9.17, 15) is 4.39 Å². The molecule has 0 unspecified atom stereocenters. The number of hydrogen-bond acceptors (Lipinski definition) is 2. The molecule has 0 spiro atoms. The molecule has 2 aliphatic rings. The molecular weight excluding hydrogens is 251 g/mol. The molecule has 110 valence electrons.